The second-order valence-corrected chi connectivity index (χ2v) is 7.80. The van der Waals surface area contributed by atoms with E-state index in [0.717, 1.165) is 0 Å². The third-order valence-electron chi connectivity index (χ3n) is 1.38. The average Bonchev–Trinajstić information content (AvgIpc) is 1.62. The van der Waals surface area contributed by atoms with E-state index < -0.39 is 7.01 Å². The molecule has 56 valence electrons. The third kappa shape index (κ3) is 3.40. The maximum absolute atomic E-state index is 10.8. The van der Waals surface area contributed by atoms with Crippen molar-refractivity contribution >= 4 is 28.2 Å². The Morgan fingerprint density at radius 1 is 1.22 bits per heavy atom. The first-order chi connectivity index (χ1) is 3.85. The summed E-state index contributed by atoms with van der Waals surface area (Å²) in [5.41, 5.74) is 0. The lowest BCUT2D eigenvalue weighted by Crippen LogP contribution is -2.17. The molecule has 0 fully saturated rings. The maximum Gasteiger partial charge on any atom is 0.205 e. The molecule has 4 heteroatoms. The summed E-state index contributed by atoms with van der Waals surface area (Å²) in [5.74, 6) is 0.215. The molecule has 0 radical (unpaired) electrons. The summed E-state index contributed by atoms with van der Waals surface area (Å²) in [6.07, 6.45) is 0. The van der Waals surface area contributed by atoms with Crippen LogP contribution in [-0.2, 0) is 7.01 Å². The monoisotopic (exact) mass is 262 g/mol. The summed E-state index contributed by atoms with van der Waals surface area (Å²) in [5, 5.41) is -0.224. The van der Waals surface area contributed by atoms with Gasteiger partial charge in [-0.05, 0) is 12.8 Å². The normalized spacial score (nSPS) is 16.1. The Bertz CT molecular complexity index is 171. The van der Waals surface area contributed by atoms with Crippen LogP contribution in [-0.4, -0.2) is 13.7 Å². The van der Waals surface area contributed by atoms with Crippen LogP contribution in [0.1, 0.15) is 20.8 Å². The third-order valence-corrected chi connectivity index (χ3v) is 5.22. The zero-order valence-electron chi connectivity index (χ0n) is 5.76. The van der Waals surface area contributed by atoms with Crippen LogP contribution in [0.4, 0.5) is 0 Å². The van der Waals surface area contributed by atoms with Crippen molar-refractivity contribution in [2.75, 3.05) is 0 Å². The van der Waals surface area contributed by atoms with E-state index in [2.05, 4.69) is 0 Å². The Kier molecular flexibility index (Phi) is 3.42. The van der Waals surface area contributed by atoms with E-state index in [0.29, 0.717) is 0 Å². The van der Waals surface area contributed by atoms with E-state index >= 15 is 0 Å². The molecule has 0 aromatic rings. The van der Waals surface area contributed by atoms with Crippen molar-refractivity contribution in [2.45, 2.75) is 26.0 Å². The molecule has 0 aliphatic heterocycles. The maximum atomic E-state index is 10.8. The Balaban J connectivity index is 4.24. The van der Waals surface area contributed by atoms with E-state index in [4.69, 9.17) is 0 Å². The van der Waals surface area contributed by atoms with Gasteiger partial charge in [0.15, 0.2) is 0 Å². The first kappa shape index (κ1) is 9.68. The van der Waals surface area contributed by atoms with Crippen molar-refractivity contribution in [1.82, 2.24) is 0 Å². The Morgan fingerprint density at radius 3 is 1.56 bits per heavy atom. The fraction of sp³-hybridized carbons (Fsp3) is 1.00. The Morgan fingerprint density at radius 2 is 1.56 bits per heavy atom. The largest absolute Gasteiger partial charge is 0.218 e. The predicted molar refractivity (Wildman–Crippen MR) is 47.2 cm³/mol. The van der Waals surface area contributed by atoms with Crippen molar-refractivity contribution < 1.29 is 8.42 Å². The highest BCUT2D eigenvalue weighted by molar-refractivity contribution is 14.2. The highest BCUT2D eigenvalue weighted by Gasteiger charge is 2.19. The van der Waals surface area contributed by atoms with Crippen LogP contribution in [0.3, 0.4) is 0 Å². The van der Waals surface area contributed by atoms with Crippen molar-refractivity contribution in [3.8, 4) is 0 Å². The standard InChI is InChI=1S/C5H11IO2S/c1-4(2)5(3)9(6,7)8/h4-5H,1-3H3. The summed E-state index contributed by atoms with van der Waals surface area (Å²) >= 11 is 1.49. The van der Waals surface area contributed by atoms with Gasteiger partial charge >= 0.3 is 0 Å². The molecule has 9 heavy (non-hydrogen) atoms. The average molecular weight is 262 g/mol. The molecular weight excluding hydrogens is 251 g/mol. The van der Waals surface area contributed by atoms with Crippen LogP contribution in [0.15, 0.2) is 0 Å². The van der Waals surface area contributed by atoms with Crippen LogP contribution < -0.4 is 0 Å². The molecule has 0 saturated heterocycles. The van der Waals surface area contributed by atoms with Crippen LogP contribution >= 0.6 is 21.2 Å². The van der Waals surface area contributed by atoms with Gasteiger partial charge in [0.25, 0.3) is 0 Å². The molecule has 2 nitrogen and oxygen atoms in total. The van der Waals surface area contributed by atoms with Gasteiger partial charge in [-0.15, -0.1) is 0 Å². The van der Waals surface area contributed by atoms with Gasteiger partial charge in [0.1, 0.15) is 0 Å². The van der Waals surface area contributed by atoms with E-state index in [1.54, 1.807) is 6.92 Å². The van der Waals surface area contributed by atoms with Gasteiger partial charge in [-0.2, -0.15) is 0 Å². The molecule has 0 amide bonds. The summed E-state index contributed by atoms with van der Waals surface area (Å²) in [4.78, 5) is 0. The van der Waals surface area contributed by atoms with Crippen molar-refractivity contribution in [3.63, 3.8) is 0 Å². The van der Waals surface area contributed by atoms with E-state index in [9.17, 15) is 8.42 Å². The van der Waals surface area contributed by atoms with Crippen LogP contribution in [0, 0.1) is 5.92 Å². The van der Waals surface area contributed by atoms with E-state index in [1.807, 2.05) is 13.8 Å². The predicted octanol–water partition coefficient (Wildman–Crippen LogP) is 1.80. The SMILES string of the molecule is CC(C)C(C)S(=O)(=O)I. The minimum Gasteiger partial charge on any atom is -0.218 e. The van der Waals surface area contributed by atoms with Gasteiger partial charge in [-0.3, -0.25) is 0 Å². The zero-order valence-corrected chi connectivity index (χ0v) is 8.73. The molecule has 1 unspecified atom stereocenters. The molecule has 0 heterocycles. The number of hydrogen-bond donors (Lipinski definition) is 0. The minimum atomic E-state index is -2.83. The van der Waals surface area contributed by atoms with Crippen molar-refractivity contribution in [1.29, 1.82) is 0 Å². The van der Waals surface area contributed by atoms with Gasteiger partial charge in [-0.25, -0.2) is 8.42 Å². The van der Waals surface area contributed by atoms with E-state index in [-0.39, 0.29) is 11.2 Å². The Labute approximate surface area is 68.5 Å². The fourth-order valence-corrected chi connectivity index (χ4v) is 2.74. The second kappa shape index (κ2) is 3.18. The van der Waals surface area contributed by atoms with Gasteiger partial charge in [-0.1, -0.05) is 13.8 Å². The van der Waals surface area contributed by atoms with Gasteiger partial charge in [0.2, 0.25) is 7.01 Å². The highest BCUT2D eigenvalue weighted by atomic mass is 127. The van der Waals surface area contributed by atoms with Crippen LogP contribution in [0.5, 0.6) is 0 Å². The number of hydrogen-bond acceptors (Lipinski definition) is 2. The number of halogens is 1. The molecule has 0 aromatic heterocycles. The molecule has 0 aliphatic carbocycles. The molecule has 1 atom stereocenters. The lowest BCUT2D eigenvalue weighted by Gasteiger charge is -2.10. The molecular formula is C5H11IO2S. The molecule has 0 spiro atoms. The molecule has 0 rings (SSSR count). The molecule has 0 N–H and O–H groups in total. The number of rotatable bonds is 2. The van der Waals surface area contributed by atoms with Crippen LogP contribution in [0.25, 0.3) is 0 Å². The quantitative estimate of drug-likeness (QED) is 0.561. The second-order valence-electron chi connectivity index (χ2n) is 2.42. The van der Waals surface area contributed by atoms with Gasteiger partial charge in [0, 0.05) is 0 Å². The molecule has 0 aromatic carbocycles. The fourth-order valence-electron chi connectivity index (χ4n) is 0.325. The molecule has 0 saturated carbocycles. The van der Waals surface area contributed by atoms with Gasteiger partial charge in [0.05, 0.1) is 26.5 Å². The smallest absolute Gasteiger partial charge is 0.205 e. The summed E-state index contributed by atoms with van der Waals surface area (Å²) in [6, 6.07) is 0. The lowest BCUT2D eigenvalue weighted by atomic mass is 10.2. The van der Waals surface area contributed by atoms with Crippen LogP contribution in [0.2, 0.25) is 0 Å². The summed E-state index contributed by atoms with van der Waals surface area (Å²) < 4.78 is 21.5. The zero-order chi connectivity index (χ0) is 7.65. The summed E-state index contributed by atoms with van der Waals surface area (Å²) in [6.45, 7) is 5.54. The first-order valence-corrected chi connectivity index (χ1v) is 6.88. The molecule has 0 aliphatic rings. The topological polar surface area (TPSA) is 34.1 Å². The Hall–Kier alpha value is 0.680. The van der Waals surface area contributed by atoms with Crippen molar-refractivity contribution in [3.05, 3.63) is 0 Å². The summed E-state index contributed by atoms with van der Waals surface area (Å²) in [7, 11) is -2.83. The van der Waals surface area contributed by atoms with Gasteiger partial charge < -0.3 is 0 Å². The highest BCUT2D eigenvalue weighted by Crippen LogP contribution is 2.17. The minimum absolute atomic E-state index is 0.215. The lowest BCUT2D eigenvalue weighted by molar-refractivity contribution is 0.562. The molecule has 0 bridgehead atoms. The van der Waals surface area contributed by atoms with E-state index in [1.165, 1.54) is 21.2 Å². The first-order valence-electron chi connectivity index (χ1n) is 2.79. The van der Waals surface area contributed by atoms with Crippen molar-refractivity contribution in [2.24, 2.45) is 5.92 Å².